The van der Waals surface area contributed by atoms with Crippen LogP contribution in [-0.2, 0) is 14.3 Å². The molecule has 32 heavy (non-hydrogen) atoms. The maximum absolute atomic E-state index is 12.0. The summed E-state index contributed by atoms with van der Waals surface area (Å²) in [7, 11) is 1.32. The maximum Gasteiger partial charge on any atom is 0.411 e. The first kappa shape index (κ1) is 21.1. The highest BCUT2D eigenvalue weighted by Crippen LogP contribution is 2.32. The molecular weight excluding hydrogens is 406 g/mol. The first-order valence-corrected chi connectivity index (χ1v) is 10.2. The third-order valence-electron chi connectivity index (χ3n) is 5.14. The number of pyridine rings is 1. The molecule has 0 unspecified atom stereocenters. The Kier molecular flexibility index (Phi) is 5.89. The number of hydrogen-bond acceptors (Lipinski definition) is 5. The van der Waals surface area contributed by atoms with Gasteiger partial charge < -0.3 is 9.47 Å². The van der Waals surface area contributed by atoms with Gasteiger partial charge in [0.15, 0.2) is 0 Å². The van der Waals surface area contributed by atoms with Gasteiger partial charge in [0.25, 0.3) is 0 Å². The van der Waals surface area contributed by atoms with Gasteiger partial charge in [-0.2, -0.15) is 0 Å². The SMILES string of the molecule is CCOC(=O)C=Cc1c(-c2ccccc2C)nc2c3cc(NC(=O)OC)ccc3ccn12. The van der Waals surface area contributed by atoms with Gasteiger partial charge in [0.05, 0.1) is 25.1 Å². The van der Waals surface area contributed by atoms with E-state index in [1.807, 2.05) is 66.1 Å². The van der Waals surface area contributed by atoms with Crippen LogP contribution in [0.3, 0.4) is 0 Å². The van der Waals surface area contributed by atoms with Crippen molar-refractivity contribution >= 4 is 40.2 Å². The largest absolute Gasteiger partial charge is 0.463 e. The van der Waals surface area contributed by atoms with Crippen LogP contribution < -0.4 is 5.32 Å². The fraction of sp³-hybridized carbons (Fsp3) is 0.160. The zero-order valence-electron chi connectivity index (χ0n) is 18.1. The topological polar surface area (TPSA) is 81.9 Å². The molecule has 0 saturated heterocycles. The highest BCUT2D eigenvalue weighted by molar-refractivity contribution is 6.00. The van der Waals surface area contributed by atoms with E-state index in [0.717, 1.165) is 33.3 Å². The van der Waals surface area contributed by atoms with Crippen LogP contribution in [0.25, 0.3) is 33.8 Å². The van der Waals surface area contributed by atoms with Gasteiger partial charge in [-0.05, 0) is 49.1 Å². The number of methoxy groups -OCH3 is 1. The molecule has 2 aromatic carbocycles. The molecule has 0 radical (unpaired) electrons. The summed E-state index contributed by atoms with van der Waals surface area (Å²) in [5.74, 6) is -0.413. The number of rotatable bonds is 5. The molecule has 0 bridgehead atoms. The average molecular weight is 429 g/mol. The van der Waals surface area contributed by atoms with E-state index in [4.69, 9.17) is 14.5 Å². The molecule has 1 amide bonds. The first-order valence-electron chi connectivity index (χ1n) is 10.2. The summed E-state index contributed by atoms with van der Waals surface area (Å²) >= 11 is 0. The molecule has 0 aliphatic heterocycles. The molecule has 2 aromatic heterocycles. The fourth-order valence-corrected chi connectivity index (χ4v) is 3.62. The maximum atomic E-state index is 12.0. The molecule has 162 valence electrons. The van der Waals surface area contributed by atoms with Crippen LogP contribution in [0.1, 0.15) is 18.2 Å². The van der Waals surface area contributed by atoms with Crippen molar-refractivity contribution in [2.45, 2.75) is 13.8 Å². The van der Waals surface area contributed by atoms with Crippen molar-refractivity contribution in [3.8, 4) is 11.3 Å². The number of aryl methyl sites for hydroxylation is 1. The summed E-state index contributed by atoms with van der Waals surface area (Å²) in [4.78, 5) is 28.6. The number of amides is 1. The van der Waals surface area contributed by atoms with Gasteiger partial charge in [0.2, 0.25) is 0 Å². The molecule has 0 aliphatic carbocycles. The molecule has 0 saturated carbocycles. The standard InChI is InChI=1S/C25H23N3O4/c1-4-32-22(29)12-11-21-23(19-8-6-5-7-16(19)2)27-24-20-15-18(26-25(30)31-3)10-9-17(20)13-14-28(21)24/h5-15H,4H2,1-3H3,(H,26,30). The lowest BCUT2D eigenvalue weighted by Crippen LogP contribution is -2.10. The Morgan fingerprint density at radius 1 is 1.16 bits per heavy atom. The van der Waals surface area contributed by atoms with Gasteiger partial charge in [0, 0.05) is 28.9 Å². The number of anilines is 1. The van der Waals surface area contributed by atoms with Crippen molar-refractivity contribution in [1.29, 1.82) is 0 Å². The summed E-state index contributed by atoms with van der Waals surface area (Å²) in [5.41, 5.74) is 4.85. The smallest absolute Gasteiger partial charge is 0.411 e. The van der Waals surface area contributed by atoms with Crippen molar-refractivity contribution < 1.29 is 19.1 Å². The Morgan fingerprint density at radius 3 is 2.72 bits per heavy atom. The number of carbonyl (C=O) groups is 2. The second-order valence-corrected chi connectivity index (χ2v) is 7.17. The number of benzene rings is 2. The minimum atomic E-state index is -0.543. The predicted octanol–water partition coefficient (Wildman–Crippen LogP) is 5.22. The normalized spacial score (nSPS) is 11.2. The number of carbonyl (C=O) groups excluding carboxylic acids is 2. The lowest BCUT2D eigenvalue weighted by molar-refractivity contribution is -0.137. The monoisotopic (exact) mass is 429 g/mol. The summed E-state index contributed by atoms with van der Waals surface area (Å²) in [6.45, 7) is 4.10. The zero-order chi connectivity index (χ0) is 22.7. The minimum absolute atomic E-state index is 0.307. The first-order chi connectivity index (χ1) is 15.5. The van der Waals surface area contributed by atoms with E-state index in [1.165, 1.54) is 13.2 Å². The molecule has 7 heteroatoms. The molecule has 0 fully saturated rings. The van der Waals surface area contributed by atoms with E-state index >= 15 is 0 Å². The van der Waals surface area contributed by atoms with Gasteiger partial charge >= 0.3 is 12.1 Å². The van der Waals surface area contributed by atoms with Crippen LogP contribution in [0.5, 0.6) is 0 Å². The van der Waals surface area contributed by atoms with E-state index in [1.54, 1.807) is 13.0 Å². The lowest BCUT2D eigenvalue weighted by atomic mass is 10.0. The van der Waals surface area contributed by atoms with Crippen LogP contribution in [-0.4, -0.2) is 35.2 Å². The second kappa shape index (κ2) is 8.93. The van der Waals surface area contributed by atoms with E-state index < -0.39 is 12.1 Å². The number of nitrogens with one attached hydrogen (secondary N) is 1. The molecule has 1 N–H and O–H groups in total. The molecule has 0 aliphatic rings. The van der Waals surface area contributed by atoms with Crippen LogP contribution in [0, 0.1) is 6.92 Å². The van der Waals surface area contributed by atoms with E-state index in [-0.39, 0.29) is 0 Å². The van der Waals surface area contributed by atoms with Crippen molar-refractivity contribution in [2.75, 3.05) is 19.0 Å². The van der Waals surface area contributed by atoms with E-state index in [0.29, 0.717) is 17.9 Å². The lowest BCUT2D eigenvalue weighted by Gasteiger charge is -2.07. The average Bonchev–Trinajstić information content (AvgIpc) is 3.17. The summed E-state index contributed by atoms with van der Waals surface area (Å²) in [5, 5.41) is 4.51. The number of nitrogens with zero attached hydrogens (tertiary/aromatic N) is 2. The number of hydrogen-bond donors (Lipinski definition) is 1. The summed E-state index contributed by atoms with van der Waals surface area (Å²) < 4.78 is 11.7. The highest BCUT2D eigenvalue weighted by atomic mass is 16.5. The number of aromatic nitrogens is 2. The second-order valence-electron chi connectivity index (χ2n) is 7.17. The summed E-state index contributed by atoms with van der Waals surface area (Å²) in [6, 6.07) is 15.5. The molecule has 0 spiro atoms. The van der Waals surface area contributed by atoms with Crippen molar-refractivity contribution in [1.82, 2.24) is 9.38 Å². The third-order valence-corrected chi connectivity index (χ3v) is 5.14. The van der Waals surface area contributed by atoms with Gasteiger partial charge in [-0.1, -0.05) is 30.3 Å². The predicted molar refractivity (Wildman–Crippen MR) is 125 cm³/mol. The molecule has 4 rings (SSSR count). The van der Waals surface area contributed by atoms with Crippen LogP contribution in [0.4, 0.5) is 10.5 Å². The molecular formula is C25H23N3O4. The van der Waals surface area contributed by atoms with Crippen molar-refractivity contribution in [3.05, 3.63) is 72.1 Å². The third kappa shape index (κ3) is 4.05. The van der Waals surface area contributed by atoms with Gasteiger partial charge in [-0.3, -0.25) is 9.72 Å². The van der Waals surface area contributed by atoms with Gasteiger partial charge in [-0.15, -0.1) is 0 Å². The Balaban J connectivity index is 1.95. The Morgan fingerprint density at radius 2 is 1.97 bits per heavy atom. The molecule has 7 nitrogen and oxygen atoms in total. The summed E-state index contributed by atoms with van der Waals surface area (Å²) in [6.07, 6.45) is 4.51. The molecule has 4 aromatic rings. The van der Waals surface area contributed by atoms with Crippen LogP contribution in [0.15, 0.2) is 60.8 Å². The van der Waals surface area contributed by atoms with Crippen molar-refractivity contribution in [3.63, 3.8) is 0 Å². The van der Waals surface area contributed by atoms with Crippen molar-refractivity contribution in [2.24, 2.45) is 0 Å². The van der Waals surface area contributed by atoms with Gasteiger partial charge in [0.1, 0.15) is 5.65 Å². The minimum Gasteiger partial charge on any atom is -0.463 e. The molecule has 2 heterocycles. The number of imidazole rings is 1. The number of esters is 1. The Labute approximate surface area is 185 Å². The van der Waals surface area contributed by atoms with E-state index in [9.17, 15) is 9.59 Å². The number of fused-ring (bicyclic) bond motifs is 3. The number of ether oxygens (including phenoxy) is 2. The Hall–Kier alpha value is -4.13. The van der Waals surface area contributed by atoms with Crippen LogP contribution in [0.2, 0.25) is 0 Å². The van der Waals surface area contributed by atoms with Gasteiger partial charge in [-0.25, -0.2) is 14.6 Å². The zero-order valence-corrected chi connectivity index (χ0v) is 18.1. The fourth-order valence-electron chi connectivity index (χ4n) is 3.62. The van der Waals surface area contributed by atoms with E-state index in [2.05, 4.69) is 5.32 Å². The van der Waals surface area contributed by atoms with Crippen LogP contribution >= 0.6 is 0 Å². The quantitative estimate of drug-likeness (QED) is 0.348. The Bertz CT molecular complexity index is 1350. The highest BCUT2D eigenvalue weighted by Gasteiger charge is 2.16. The molecule has 0 atom stereocenters.